The van der Waals surface area contributed by atoms with Crippen LogP contribution < -0.4 is 5.32 Å². The summed E-state index contributed by atoms with van der Waals surface area (Å²) in [6.45, 7) is 4.91. The van der Waals surface area contributed by atoms with Gasteiger partial charge in [0.1, 0.15) is 0 Å². The zero-order valence-corrected chi connectivity index (χ0v) is 21.3. The third kappa shape index (κ3) is 3.07. The standard InChI is InChI=1S/C29H41NO2S/c1-27-9-7-22-20(3-6-24-28(22,2)10-8-25(31)33-24)21(27)4-5-23(27)26(32)30-29-14-17-11-18(15-29)13-19(12-17)16-29/h8,10,17-24H,3-7,9,11-16H2,1-2H3,(H,30,32)/t17?,18?,19?,20-,21-,22+,23?,24?,27-,28+,29?/m0/s1. The van der Waals surface area contributed by atoms with E-state index in [2.05, 4.69) is 25.2 Å². The molecule has 4 bridgehead atoms. The van der Waals surface area contributed by atoms with Gasteiger partial charge in [-0.1, -0.05) is 31.7 Å². The summed E-state index contributed by atoms with van der Waals surface area (Å²) >= 11 is 1.60. The van der Waals surface area contributed by atoms with E-state index in [-0.39, 0.29) is 27.4 Å². The summed E-state index contributed by atoms with van der Waals surface area (Å²) in [5.74, 6) is 5.34. The van der Waals surface area contributed by atoms with Crippen LogP contribution >= 0.6 is 11.8 Å². The van der Waals surface area contributed by atoms with Crippen molar-refractivity contribution in [3.05, 3.63) is 12.2 Å². The molecule has 0 aromatic rings. The molecule has 0 aromatic heterocycles. The van der Waals surface area contributed by atoms with Gasteiger partial charge in [0.2, 0.25) is 11.0 Å². The second-order valence-electron chi connectivity index (χ2n) is 13.9. The van der Waals surface area contributed by atoms with Crippen LogP contribution in [0.1, 0.15) is 90.9 Å². The summed E-state index contributed by atoms with van der Waals surface area (Å²) in [6.07, 6.45) is 19.3. The maximum atomic E-state index is 13.9. The number of amides is 1. The molecule has 7 atom stereocenters. The second-order valence-corrected chi connectivity index (χ2v) is 15.1. The van der Waals surface area contributed by atoms with Crippen molar-refractivity contribution in [3.8, 4) is 0 Å². The third-order valence-corrected chi connectivity index (χ3v) is 13.7. The molecule has 7 saturated carbocycles. The minimum absolute atomic E-state index is 0.139. The summed E-state index contributed by atoms with van der Waals surface area (Å²) in [5.41, 5.74) is 0.458. The third-order valence-electron chi connectivity index (χ3n) is 12.3. The van der Waals surface area contributed by atoms with Crippen molar-refractivity contribution >= 4 is 22.8 Å². The molecule has 3 nitrogen and oxygen atoms in total. The van der Waals surface area contributed by atoms with Crippen molar-refractivity contribution in [2.24, 2.45) is 52.3 Å². The zero-order valence-electron chi connectivity index (χ0n) is 20.5. The van der Waals surface area contributed by atoms with Crippen molar-refractivity contribution in [1.82, 2.24) is 5.32 Å². The first kappa shape index (κ1) is 21.5. The molecule has 7 fully saturated rings. The molecule has 0 spiro atoms. The Kier molecular flexibility index (Phi) is 4.65. The van der Waals surface area contributed by atoms with Gasteiger partial charge in [-0.3, -0.25) is 9.59 Å². The van der Waals surface area contributed by atoms with E-state index in [4.69, 9.17) is 0 Å². The SMILES string of the molecule is C[C@]12C=CC(=O)SC1CC[C@@H]1[C@H]2CC[C@]2(C)C(C(=O)NC34CC5CC(CC(C5)C3)C4)CC[C@@H]12. The average Bonchev–Trinajstić information content (AvgIpc) is 3.10. The van der Waals surface area contributed by atoms with Gasteiger partial charge in [0.05, 0.1) is 0 Å². The number of hydrogen-bond donors (Lipinski definition) is 1. The summed E-state index contributed by atoms with van der Waals surface area (Å²) in [6, 6.07) is 0. The molecule has 8 aliphatic rings. The Balaban J connectivity index is 1.11. The highest BCUT2D eigenvalue weighted by Crippen LogP contribution is 2.66. The van der Waals surface area contributed by atoms with Gasteiger partial charge in [-0.15, -0.1) is 0 Å². The van der Waals surface area contributed by atoms with Crippen LogP contribution in [0, 0.1) is 52.3 Å². The fraction of sp³-hybridized carbons (Fsp3) is 0.862. The van der Waals surface area contributed by atoms with Crippen molar-refractivity contribution in [3.63, 3.8) is 0 Å². The number of hydrogen-bond acceptors (Lipinski definition) is 3. The smallest absolute Gasteiger partial charge is 0.224 e. The summed E-state index contributed by atoms with van der Waals surface area (Å²) in [7, 11) is 0. The Morgan fingerprint density at radius 2 is 1.64 bits per heavy atom. The first-order valence-electron chi connectivity index (χ1n) is 14.0. The molecule has 2 unspecified atom stereocenters. The lowest BCUT2D eigenvalue weighted by molar-refractivity contribution is -0.137. The van der Waals surface area contributed by atoms with Crippen LogP contribution in [0.5, 0.6) is 0 Å². The molecule has 1 N–H and O–H groups in total. The second kappa shape index (κ2) is 7.14. The van der Waals surface area contributed by atoms with Gasteiger partial charge in [0.15, 0.2) is 0 Å². The fourth-order valence-corrected chi connectivity index (χ4v) is 12.4. The summed E-state index contributed by atoms with van der Waals surface area (Å²) < 4.78 is 0. The minimum atomic E-state index is 0.139. The average molecular weight is 468 g/mol. The monoisotopic (exact) mass is 467 g/mol. The van der Waals surface area contributed by atoms with E-state index in [0.717, 1.165) is 36.5 Å². The molecule has 33 heavy (non-hydrogen) atoms. The van der Waals surface area contributed by atoms with E-state index in [1.54, 1.807) is 11.8 Å². The topological polar surface area (TPSA) is 46.2 Å². The molecule has 0 aromatic carbocycles. The first-order chi connectivity index (χ1) is 15.8. The van der Waals surface area contributed by atoms with Crippen LogP contribution in [-0.2, 0) is 9.59 Å². The Labute approximate surface area is 203 Å². The summed E-state index contributed by atoms with van der Waals surface area (Å²) in [5, 5.41) is 4.47. The highest BCUT2D eigenvalue weighted by atomic mass is 32.2. The van der Waals surface area contributed by atoms with Crippen molar-refractivity contribution < 1.29 is 9.59 Å². The number of rotatable bonds is 2. The molecular weight excluding hydrogens is 426 g/mol. The predicted molar refractivity (Wildman–Crippen MR) is 132 cm³/mol. The van der Waals surface area contributed by atoms with Crippen LogP contribution in [0.15, 0.2) is 12.2 Å². The van der Waals surface area contributed by atoms with Gasteiger partial charge in [-0.25, -0.2) is 0 Å². The Hall–Kier alpha value is -0.770. The molecule has 1 amide bonds. The van der Waals surface area contributed by atoms with E-state index in [9.17, 15) is 9.59 Å². The molecule has 1 heterocycles. The van der Waals surface area contributed by atoms with E-state index >= 15 is 0 Å². The van der Waals surface area contributed by atoms with E-state index in [0.29, 0.717) is 23.0 Å². The number of carbonyl (C=O) groups excluding carboxylic acids is 2. The quantitative estimate of drug-likeness (QED) is 0.531. The normalized spacial score (nSPS) is 56.2. The predicted octanol–water partition coefficient (Wildman–Crippen LogP) is 6.13. The van der Waals surface area contributed by atoms with E-state index < -0.39 is 0 Å². The maximum Gasteiger partial charge on any atom is 0.224 e. The number of thioether (sulfide) groups is 1. The Bertz CT molecular complexity index is 876. The van der Waals surface area contributed by atoms with E-state index in [1.807, 2.05) is 6.08 Å². The van der Waals surface area contributed by atoms with Crippen molar-refractivity contribution in [2.45, 2.75) is 102 Å². The molecule has 1 aliphatic heterocycles. The van der Waals surface area contributed by atoms with Gasteiger partial charge < -0.3 is 5.32 Å². The molecule has 0 saturated heterocycles. The van der Waals surface area contributed by atoms with Crippen LogP contribution in [0.25, 0.3) is 0 Å². The largest absolute Gasteiger partial charge is 0.350 e. The van der Waals surface area contributed by atoms with Crippen LogP contribution in [0.2, 0.25) is 0 Å². The Morgan fingerprint density at radius 1 is 0.939 bits per heavy atom. The molecule has 180 valence electrons. The van der Waals surface area contributed by atoms with Crippen LogP contribution in [0.3, 0.4) is 0 Å². The van der Waals surface area contributed by atoms with Crippen molar-refractivity contribution in [1.29, 1.82) is 0 Å². The van der Waals surface area contributed by atoms with Crippen LogP contribution in [0.4, 0.5) is 0 Å². The molecule has 4 heteroatoms. The zero-order chi connectivity index (χ0) is 22.6. The van der Waals surface area contributed by atoms with Gasteiger partial charge >= 0.3 is 0 Å². The molecule has 7 aliphatic carbocycles. The van der Waals surface area contributed by atoms with Gasteiger partial charge in [0.25, 0.3) is 0 Å². The maximum absolute atomic E-state index is 13.9. The first-order valence-corrected chi connectivity index (χ1v) is 14.9. The highest BCUT2D eigenvalue weighted by Gasteiger charge is 2.62. The van der Waals surface area contributed by atoms with Crippen molar-refractivity contribution in [2.75, 3.05) is 0 Å². The molecular formula is C29H41NO2S. The van der Waals surface area contributed by atoms with Gasteiger partial charge in [-0.2, -0.15) is 0 Å². The van der Waals surface area contributed by atoms with E-state index in [1.165, 1.54) is 64.2 Å². The lowest BCUT2D eigenvalue weighted by atomic mass is 9.49. The number of nitrogens with one attached hydrogen (secondary N) is 1. The fourth-order valence-electron chi connectivity index (χ4n) is 11.2. The minimum Gasteiger partial charge on any atom is -0.350 e. The number of fused-ring (bicyclic) bond motifs is 5. The molecule has 8 rings (SSSR count). The summed E-state index contributed by atoms with van der Waals surface area (Å²) in [4.78, 5) is 26.0. The number of allylic oxidation sites excluding steroid dienone is 1. The van der Waals surface area contributed by atoms with Gasteiger partial charge in [0, 0.05) is 22.1 Å². The van der Waals surface area contributed by atoms with Gasteiger partial charge in [-0.05, 0) is 124 Å². The molecule has 0 radical (unpaired) electrons. The lowest BCUT2D eigenvalue weighted by Crippen LogP contribution is -2.61. The highest BCUT2D eigenvalue weighted by molar-refractivity contribution is 8.14. The Morgan fingerprint density at radius 3 is 2.33 bits per heavy atom. The number of carbonyl (C=O) groups is 2. The van der Waals surface area contributed by atoms with Crippen LogP contribution in [-0.4, -0.2) is 21.8 Å². The lowest BCUT2D eigenvalue weighted by Gasteiger charge is -2.59.